The third-order valence-electron chi connectivity index (χ3n) is 6.52. The Hall–Kier alpha value is -3.77. The van der Waals surface area contributed by atoms with Gasteiger partial charge in [0.1, 0.15) is 22.9 Å². The second-order valence-corrected chi connectivity index (χ2v) is 9.63. The van der Waals surface area contributed by atoms with Gasteiger partial charge in [0.05, 0.1) is 12.6 Å². The van der Waals surface area contributed by atoms with Gasteiger partial charge in [-0.25, -0.2) is 0 Å². The number of aromatic hydroxyl groups is 1. The number of phenols is 1. The number of rotatable bonds is 7. The lowest BCUT2D eigenvalue weighted by atomic mass is 9.95. The lowest BCUT2D eigenvalue weighted by Gasteiger charge is -2.27. The second-order valence-electron chi connectivity index (χ2n) is 9.22. The SMILES string of the molecule is CCCOc1cccc(C2c3c(-c4cc(Cl)c(C)cc4O)n[nH]c3C(=O)N2Cc2ccc(C)cc2)c1. The molecule has 0 saturated carbocycles. The molecule has 0 aliphatic carbocycles. The van der Waals surface area contributed by atoms with Gasteiger partial charge in [-0.1, -0.05) is 60.5 Å². The van der Waals surface area contributed by atoms with E-state index in [4.69, 9.17) is 16.3 Å². The van der Waals surface area contributed by atoms with Gasteiger partial charge in [0, 0.05) is 22.7 Å². The summed E-state index contributed by atoms with van der Waals surface area (Å²) in [5.41, 5.74) is 5.98. The molecule has 0 fully saturated rings. The summed E-state index contributed by atoms with van der Waals surface area (Å²) in [4.78, 5) is 15.5. The number of hydrogen-bond acceptors (Lipinski definition) is 4. The number of carbonyl (C=O) groups is 1. The predicted molar refractivity (Wildman–Crippen MR) is 141 cm³/mol. The van der Waals surface area contributed by atoms with Crippen LogP contribution in [0.5, 0.6) is 11.5 Å². The van der Waals surface area contributed by atoms with Crippen LogP contribution in [0.3, 0.4) is 0 Å². The van der Waals surface area contributed by atoms with Crippen LogP contribution in [0.4, 0.5) is 0 Å². The molecule has 1 aliphatic heterocycles. The zero-order valence-electron chi connectivity index (χ0n) is 20.5. The number of aromatic amines is 1. The number of phenolic OH excluding ortho intramolecular Hbond substituents is 1. The van der Waals surface area contributed by atoms with Gasteiger partial charge in [-0.15, -0.1) is 0 Å². The molecule has 3 aromatic carbocycles. The highest BCUT2D eigenvalue weighted by Gasteiger charge is 2.42. The molecule has 1 atom stereocenters. The van der Waals surface area contributed by atoms with Crippen LogP contribution < -0.4 is 4.74 Å². The minimum absolute atomic E-state index is 0.0643. The number of fused-ring (bicyclic) bond motifs is 1. The molecular formula is C29H28ClN3O3. The van der Waals surface area contributed by atoms with Crippen molar-refractivity contribution in [3.05, 3.63) is 99.2 Å². The first-order chi connectivity index (χ1) is 17.4. The maximum atomic E-state index is 13.7. The average Bonchev–Trinajstić information content (AvgIpc) is 3.40. The van der Waals surface area contributed by atoms with Crippen LogP contribution in [0.2, 0.25) is 5.02 Å². The lowest BCUT2D eigenvalue weighted by molar-refractivity contribution is 0.0730. The molecule has 0 saturated heterocycles. The quantitative estimate of drug-likeness (QED) is 0.299. The smallest absolute Gasteiger partial charge is 0.273 e. The molecular weight excluding hydrogens is 474 g/mol. The molecule has 184 valence electrons. The van der Waals surface area contributed by atoms with Gasteiger partial charge < -0.3 is 14.7 Å². The topological polar surface area (TPSA) is 78.5 Å². The lowest BCUT2D eigenvalue weighted by Crippen LogP contribution is -2.29. The van der Waals surface area contributed by atoms with E-state index >= 15 is 0 Å². The van der Waals surface area contributed by atoms with Crippen molar-refractivity contribution in [2.45, 2.75) is 39.8 Å². The first kappa shape index (κ1) is 23.9. The minimum Gasteiger partial charge on any atom is -0.507 e. The van der Waals surface area contributed by atoms with Crippen LogP contribution in [0, 0.1) is 13.8 Å². The fourth-order valence-corrected chi connectivity index (χ4v) is 4.82. The number of H-pyrrole nitrogens is 1. The maximum Gasteiger partial charge on any atom is 0.273 e. The summed E-state index contributed by atoms with van der Waals surface area (Å²) in [6.07, 6.45) is 0.898. The molecule has 1 aromatic heterocycles. The number of amides is 1. The average molecular weight is 502 g/mol. The van der Waals surface area contributed by atoms with E-state index in [0.717, 1.165) is 40.0 Å². The maximum absolute atomic E-state index is 13.7. The van der Waals surface area contributed by atoms with Gasteiger partial charge in [-0.2, -0.15) is 5.10 Å². The molecule has 5 rings (SSSR count). The zero-order chi connectivity index (χ0) is 25.4. The van der Waals surface area contributed by atoms with Gasteiger partial charge in [-0.3, -0.25) is 9.89 Å². The number of ether oxygens (including phenoxy) is 1. The van der Waals surface area contributed by atoms with Crippen LogP contribution in [-0.4, -0.2) is 32.7 Å². The van der Waals surface area contributed by atoms with Crippen molar-refractivity contribution >= 4 is 17.5 Å². The zero-order valence-corrected chi connectivity index (χ0v) is 21.3. The molecule has 1 amide bonds. The number of carbonyl (C=O) groups excluding carboxylic acids is 1. The summed E-state index contributed by atoms with van der Waals surface area (Å²) < 4.78 is 5.90. The van der Waals surface area contributed by atoms with Crippen molar-refractivity contribution in [2.75, 3.05) is 6.61 Å². The molecule has 6 nitrogen and oxygen atoms in total. The van der Waals surface area contributed by atoms with Crippen molar-refractivity contribution in [1.29, 1.82) is 0 Å². The third-order valence-corrected chi connectivity index (χ3v) is 6.92. The van der Waals surface area contributed by atoms with Crippen LogP contribution in [-0.2, 0) is 6.54 Å². The van der Waals surface area contributed by atoms with Crippen molar-refractivity contribution in [2.24, 2.45) is 0 Å². The first-order valence-electron chi connectivity index (χ1n) is 12.0. The molecule has 2 heterocycles. The van der Waals surface area contributed by atoms with Crippen LogP contribution >= 0.6 is 11.6 Å². The van der Waals surface area contributed by atoms with Crippen LogP contribution in [0.15, 0.2) is 60.7 Å². The van der Waals surface area contributed by atoms with Gasteiger partial charge in [0.15, 0.2) is 0 Å². The summed E-state index contributed by atoms with van der Waals surface area (Å²) in [7, 11) is 0. The Morgan fingerprint density at radius 2 is 1.89 bits per heavy atom. The predicted octanol–water partition coefficient (Wildman–Crippen LogP) is 6.59. The van der Waals surface area contributed by atoms with E-state index < -0.39 is 6.04 Å². The summed E-state index contributed by atoms with van der Waals surface area (Å²) in [6, 6.07) is 18.9. The molecule has 1 aliphatic rings. The van der Waals surface area contributed by atoms with E-state index in [-0.39, 0.29) is 11.7 Å². The van der Waals surface area contributed by atoms with E-state index in [1.165, 1.54) is 0 Å². The Bertz CT molecular complexity index is 1430. The van der Waals surface area contributed by atoms with E-state index in [1.54, 1.807) is 12.1 Å². The molecule has 1 unspecified atom stereocenters. The highest BCUT2D eigenvalue weighted by Crippen LogP contribution is 2.46. The van der Waals surface area contributed by atoms with Crippen LogP contribution in [0.25, 0.3) is 11.3 Å². The number of nitrogens with zero attached hydrogens (tertiary/aromatic N) is 2. The van der Waals surface area contributed by atoms with E-state index in [9.17, 15) is 9.90 Å². The van der Waals surface area contributed by atoms with Gasteiger partial charge in [0.25, 0.3) is 5.91 Å². The Labute approximate surface area is 215 Å². The number of hydrogen-bond donors (Lipinski definition) is 2. The van der Waals surface area contributed by atoms with Crippen molar-refractivity contribution in [1.82, 2.24) is 15.1 Å². The summed E-state index contributed by atoms with van der Waals surface area (Å²) in [5.74, 6) is 0.665. The standard InChI is InChI=1S/C29H28ClN3O3/c1-4-12-36-21-7-5-6-20(14-21)28-25-26(22-15-23(30)18(3)13-24(22)34)31-32-27(25)29(35)33(28)16-19-10-8-17(2)9-11-19/h5-11,13-15,28,34H,4,12,16H2,1-3H3,(H,31,32). The number of halogens is 1. The Morgan fingerprint density at radius 1 is 1.11 bits per heavy atom. The monoisotopic (exact) mass is 501 g/mol. The number of nitrogens with one attached hydrogen (secondary N) is 1. The van der Waals surface area contributed by atoms with E-state index in [1.807, 2.05) is 67.3 Å². The summed E-state index contributed by atoms with van der Waals surface area (Å²) in [5, 5.41) is 18.7. The molecule has 7 heteroatoms. The molecule has 36 heavy (non-hydrogen) atoms. The molecule has 2 N–H and O–H groups in total. The molecule has 0 bridgehead atoms. The molecule has 0 spiro atoms. The fourth-order valence-electron chi connectivity index (χ4n) is 4.65. The van der Waals surface area contributed by atoms with Crippen molar-refractivity contribution in [3.8, 4) is 22.8 Å². The molecule has 0 radical (unpaired) electrons. The Morgan fingerprint density at radius 3 is 2.64 bits per heavy atom. The Balaban J connectivity index is 1.65. The van der Waals surface area contributed by atoms with Gasteiger partial charge in [0.2, 0.25) is 0 Å². The van der Waals surface area contributed by atoms with E-state index in [0.29, 0.717) is 35.1 Å². The normalized spacial score (nSPS) is 14.8. The van der Waals surface area contributed by atoms with Crippen molar-refractivity contribution < 1.29 is 14.6 Å². The van der Waals surface area contributed by atoms with Gasteiger partial charge >= 0.3 is 0 Å². The summed E-state index contributed by atoms with van der Waals surface area (Å²) >= 11 is 6.41. The Kier molecular flexibility index (Phi) is 6.46. The number of benzene rings is 3. The van der Waals surface area contributed by atoms with E-state index in [2.05, 4.69) is 17.1 Å². The van der Waals surface area contributed by atoms with Crippen LogP contribution in [0.1, 0.15) is 57.7 Å². The third kappa shape index (κ3) is 4.33. The first-order valence-corrected chi connectivity index (χ1v) is 12.4. The number of aromatic nitrogens is 2. The van der Waals surface area contributed by atoms with Gasteiger partial charge in [-0.05, 0) is 61.2 Å². The highest BCUT2D eigenvalue weighted by molar-refractivity contribution is 6.31. The molecule has 4 aromatic rings. The van der Waals surface area contributed by atoms with Crippen molar-refractivity contribution in [3.63, 3.8) is 0 Å². The highest BCUT2D eigenvalue weighted by atomic mass is 35.5. The summed E-state index contributed by atoms with van der Waals surface area (Å²) in [6.45, 7) is 6.96. The number of aryl methyl sites for hydroxylation is 2. The minimum atomic E-state index is -0.424. The second kappa shape index (κ2) is 9.70. The largest absolute Gasteiger partial charge is 0.507 e. The fraction of sp³-hybridized carbons (Fsp3) is 0.241.